The van der Waals surface area contributed by atoms with Crippen molar-refractivity contribution < 1.29 is 4.79 Å². The van der Waals surface area contributed by atoms with Crippen molar-refractivity contribution >= 4 is 5.91 Å². The quantitative estimate of drug-likeness (QED) is 0.668. The zero-order valence-electron chi connectivity index (χ0n) is 15.5. The number of aromatic nitrogens is 4. The molecular formula is C20H23N5O2. The fourth-order valence-electron chi connectivity index (χ4n) is 2.96. The minimum atomic E-state index is -0.162. The van der Waals surface area contributed by atoms with Gasteiger partial charge in [0.1, 0.15) is 5.82 Å². The van der Waals surface area contributed by atoms with Gasteiger partial charge < -0.3 is 10.3 Å². The SMILES string of the molecule is Cc1nc(C)c(CCC(=O)NCCc2ccc(-n3cccn3)cc2)c(=O)[nH]1. The highest BCUT2D eigenvalue weighted by atomic mass is 16.1. The molecule has 1 amide bonds. The van der Waals surface area contributed by atoms with Crippen LogP contribution < -0.4 is 10.9 Å². The number of amides is 1. The summed E-state index contributed by atoms with van der Waals surface area (Å²) in [5.74, 6) is 0.520. The van der Waals surface area contributed by atoms with Gasteiger partial charge in [0.15, 0.2) is 0 Å². The summed E-state index contributed by atoms with van der Waals surface area (Å²) in [5.41, 5.74) is 3.23. The van der Waals surface area contributed by atoms with Crippen LogP contribution in [-0.4, -0.2) is 32.2 Å². The number of nitrogens with zero attached hydrogens (tertiary/aromatic N) is 3. The Balaban J connectivity index is 1.45. The molecule has 0 unspecified atom stereocenters. The van der Waals surface area contributed by atoms with Crippen LogP contribution in [0.15, 0.2) is 47.5 Å². The monoisotopic (exact) mass is 365 g/mol. The Bertz CT molecular complexity index is 959. The van der Waals surface area contributed by atoms with E-state index in [1.54, 1.807) is 24.7 Å². The number of carbonyl (C=O) groups is 1. The average Bonchev–Trinajstić information content (AvgIpc) is 3.16. The van der Waals surface area contributed by atoms with E-state index in [9.17, 15) is 9.59 Å². The number of nitrogens with one attached hydrogen (secondary N) is 2. The standard InChI is InChI=1S/C20H23N5O2/c1-14-18(20(27)24-15(2)23-14)8-9-19(26)21-12-10-16-4-6-17(7-5-16)25-13-3-11-22-25/h3-7,11,13H,8-10,12H2,1-2H3,(H,21,26)(H,23,24,27). The molecule has 1 aromatic carbocycles. The second-order valence-corrected chi connectivity index (χ2v) is 6.43. The molecule has 140 valence electrons. The second kappa shape index (κ2) is 8.44. The van der Waals surface area contributed by atoms with Crippen molar-refractivity contribution in [1.82, 2.24) is 25.1 Å². The molecule has 0 radical (unpaired) electrons. The maximum absolute atomic E-state index is 12.1. The van der Waals surface area contributed by atoms with E-state index >= 15 is 0 Å². The van der Waals surface area contributed by atoms with Gasteiger partial charge in [-0.3, -0.25) is 9.59 Å². The zero-order valence-corrected chi connectivity index (χ0v) is 15.5. The number of aryl methyl sites for hydroxylation is 2. The molecule has 7 heteroatoms. The van der Waals surface area contributed by atoms with Crippen molar-refractivity contribution in [3.8, 4) is 5.69 Å². The van der Waals surface area contributed by atoms with Gasteiger partial charge in [-0.1, -0.05) is 12.1 Å². The van der Waals surface area contributed by atoms with E-state index in [4.69, 9.17) is 0 Å². The third kappa shape index (κ3) is 4.91. The lowest BCUT2D eigenvalue weighted by Gasteiger charge is -2.08. The molecule has 0 saturated carbocycles. The first-order chi connectivity index (χ1) is 13.0. The first-order valence-electron chi connectivity index (χ1n) is 8.95. The lowest BCUT2D eigenvalue weighted by molar-refractivity contribution is -0.121. The molecule has 0 atom stereocenters. The number of hydrogen-bond donors (Lipinski definition) is 2. The van der Waals surface area contributed by atoms with Crippen LogP contribution in [0.3, 0.4) is 0 Å². The van der Waals surface area contributed by atoms with E-state index in [0.717, 1.165) is 17.7 Å². The third-order valence-electron chi connectivity index (χ3n) is 4.38. The van der Waals surface area contributed by atoms with Gasteiger partial charge in [0.2, 0.25) is 5.91 Å². The number of benzene rings is 1. The first-order valence-corrected chi connectivity index (χ1v) is 8.95. The minimum Gasteiger partial charge on any atom is -0.356 e. The van der Waals surface area contributed by atoms with Gasteiger partial charge in [-0.15, -0.1) is 0 Å². The topological polar surface area (TPSA) is 92.7 Å². The van der Waals surface area contributed by atoms with Gasteiger partial charge in [0.25, 0.3) is 5.56 Å². The van der Waals surface area contributed by atoms with Crippen LogP contribution in [0.2, 0.25) is 0 Å². The molecule has 27 heavy (non-hydrogen) atoms. The molecule has 3 aromatic rings. The van der Waals surface area contributed by atoms with Crippen molar-refractivity contribution in [2.75, 3.05) is 6.54 Å². The van der Waals surface area contributed by atoms with E-state index in [2.05, 4.69) is 20.4 Å². The van der Waals surface area contributed by atoms with Crippen LogP contribution in [0.1, 0.15) is 29.1 Å². The van der Waals surface area contributed by atoms with Gasteiger partial charge >= 0.3 is 0 Å². The fraction of sp³-hybridized carbons (Fsp3) is 0.300. The molecule has 7 nitrogen and oxygen atoms in total. The Morgan fingerprint density at radius 3 is 2.63 bits per heavy atom. The summed E-state index contributed by atoms with van der Waals surface area (Å²) >= 11 is 0. The number of carbonyl (C=O) groups excluding carboxylic acids is 1. The lowest BCUT2D eigenvalue weighted by atomic mass is 10.1. The average molecular weight is 365 g/mol. The van der Waals surface area contributed by atoms with Crippen molar-refractivity contribution in [2.45, 2.75) is 33.1 Å². The van der Waals surface area contributed by atoms with Gasteiger partial charge in [0, 0.05) is 36.6 Å². The predicted octanol–water partition coefficient (Wildman–Crippen LogP) is 1.86. The van der Waals surface area contributed by atoms with Crippen LogP contribution >= 0.6 is 0 Å². The van der Waals surface area contributed by atoms with Crippen LogP contribution in [0.25, 0.3) is 5.69 Å². The molecule has 3 rings (SSSR count). The zero-order chi connectivity index (χ0) is 19.2. The summed E-state index contributed by atoms with van der Waals surface area (Å²) in [7, 11) is 0. The highest BCUT2D eigenvalue weighted by molar-refractivity contribution is 5.76. The van der Waals surface area contributed by atoms with Gasteiger partial charge in [-0.25, -0.2) is 9.67 Å². The predicted molar refractivity (Wildman–Crippen MR) is 103 cm³/mol. The summed E-state index contributed by atoms with van der Waals surface area (Å²) < 4.78 is 1.80. The molecule has 0 aliphatic carbocycles. The van der Waals surface area contributed by atoms with E-state index in [1.165, 1.54) is 0 Å². The van der Waals surface area contributed by atoms with E-state index < -0.39 is 0 Å². The van der Waals surface area contributed by atoms with E-state index in [0.29, 0.717) is 30.0 Å². The Labute approximate surface area is 157 Å². The van der Waals surface area contributed by atoms with Crippen LogP contribution in [0.4, 0.5) is 0 Å². The molecule has 0 bridgehead atoms. The molecule has 2 N–H and O–H groups in total. The van der Waals surface area contributed by atoms with Crippen molar-refractivity contribution in [3.05, 3.63) is 75.7 Å². The minimum absolute atomic E-state index is 0.0671. The third-order valence-corrected chi connectivity index (χ3v) is 4.38. The highest BCUT2D eigenvalue weighted by Crippen LogP contribution is 2.09. The number of hydrogen-bond acceptors (Lipinski definition) is 4. The summed E-state index contributed by atoms with van der Waals surface area (Å²) in [5, 5.41) is 7.10. The Kier molecular flexibility index (Phi) is 5.80. The molecule has 0 saturated heterocycles. The largest absolute Gasteiger partial charge is 0.356 e. The van der Waals surface area contributed by atoms with Crippen LogP contribution in [0.5, 0.6) is 0 Å². The molecule has 0 aliphatic rings. The normalized spacial score (nSPS) is 10.7. The maximum atomic E-state index is 12.1. The van der Waals surface area contributed by atoms with Gasteiger partial charge in [-0.05, 0) is 50.5 Å². The first kappa shape index (κ1) is 18.6. The summed E-state index contributed by atoms with van der Waals surface area (Å²) in [4.78, 5) is 30.9. The van der Waals surface area contributed by atoms with Crippen LogP contribution in [-0.2, 0) is 17.6 Å². The lowest BCUT2D eigenvalue weighted by Crippen LogP contribution is -2.27. The number of rotatable bonds is 7. The number of aromatic amines is 1. The molecule has 2 aromatic heterocycles. The Hall–Kier alpha value is -3.22. The molecule has 2 heterocycles. The fourth-order valence-corrected chi connectivity index (χ4v) is 2.96. The van der Waals surface area contributed by atoms with Crippen LogP contribution in [0, 0.1) is 13.8 Å². The van der Waals surface area contributed by atoms with E-state index in [1.807, 2.05) is 36.5 Å². The van der Waals surface area contributed by atoms with Crippen molar-refractivity contribution in [3.63, 3.8) is 0 Å². The number of H-pyrrole nitrogens is 1. The van der Waals surface area contributed by atoms with Gasteiger partial charge in [-0.2, -0.15) is 5.10 Å². The Morgan fingerprint density at radius 1 is 1.19 bits per heavy atom. The highest BCUT2D eigenvalue weighted by Gasteiger charge is 2.09. The Morgan fingerprint density at radius 2 is 1.96 bits per heavy atom. The van der Waals surface area contributed by atoms with E-state index in [-0.39, 0.29) is 17.9 Å². The maximum Gasteiger partial charge on any atom is 0.254 e. The summed E-state index contributed by atoms with van der Waals surface area (Å²) in [6, 6.07) is 9.95. The van der Waals surface area contributed by atoms with Crippen molar-refractivity contribution in [1.29, 1.82) is 0 Å². The van der Waals surface area contributed by atoms with Crippen molar-refractivity contribution in [2.24, 2.45) is 0 Å². The smallest absolute Gasteiger partial charge is 0.254 e. The molecule has 0 fully saturated rings. The molecule has 0 aliphatic heterocycles. The second-order valence-electron chi connectivity index (χ2n) is 6.43. The van der Waals surface area contributed by atoms with Gasteiger partial charge in [0.05, 0.1) is 5.69 Å². The molecular weight excluding hydrogens is 342 g/mol. The summed E-state index contributed by atoms with van der Waals surface area (Å²) in [6.07, 6.45) is 5.04. The summed E-state index contributed by atoms with van der Waals surface area (Å²) in [6.45, 7) is 4.09. The molecule has 0 spiro atoms.